The van der Waals surface area contributed by atoms with E-state index in [1.807, 2.05) is 6.07 Å². The highest BCUT2D eigenvalue weighted by atomic mass is 15.1. The Morgan fingerprint density at radius 3 is 1.02 bits per heavy atom. The zero-order chi connectivity index (χ0) is 56.9. The van der Waals surface area contributed by atoms with E-state index in [-0.39, 0.29) is 0 Å². The molecule has 85 heavy (non-hydrogen) atoms. The Morgan fingerprint density at radius 2 is 0.576 bits per heavy atom. The van der Waals surface area contributed by atoms with E-state index >= 15 is 0 Å². The van der Waals surface area contributed by atoms with Gasteiger partial charge < -0.3 is 13.7 Å². The highest BCUT2D eigenvalue weighted by Crippen LogP contribution is 2.51. The fourth-order valence-electron chi connectivity index (χ4n) is 13.0. The van der Waals surface area contributed by atoms with Crippen molar-refractivity contribution in [1.82, 2.24) is 33.6 Å². The van der Waals surface area contributed by atoms with Crippen molar-refractivity contribution in [3.63, 3.8) is 0 Å². The van der Waals surface area contributed by atoms with E-state index in [0.717, 1.165) is 128 Å². The number of rotatable bonds is 9. The zero-order valence-corrected chi connectivity index (χ0v) is 47.5. The summed E-state index contributed by atoms with van der Waals surface area (Å²) in [7, 11) is 0. The van der Waals surface area contributed by atoms with Crippen LogP contribution in [0.3, 0.4) is 0 Å². The van der Waals surface area contributed by atoms with Gasteiger partial charge in [0.1, 0.15) is 0 Å². The third kappa shape index (κ3) is 8.26. The van der Waals surface area contributed by atoms with Crippen LogP contribution in [0.4, 0.5) is 0 Å². The highest BCUT2D eigenvalue weighted by Gasteiger charge is 2.32. The molecule has 0 saturated carbocycles. The van der Waals surface area contributed by atoms with Crippen LogP contribution in [0.5, 0.6) is 0 Å². The molecular weight excluding hydrogens is 1030 g/mol. The van der Waals surface area contributed by atoms with Crippen molar-refractivity contribution in [2.75, 3.05) is 0 Å². The Bertz CT molecular complexity index is 5150. The summed E-state index contributed by atoms with van der Waals surface area (Å²) < 4.78 is 7.53. The number of nitrogens with zero attached hydrogens (tertiary/aromatic N) is 7. The van der Waals surface area contributed by atoms with E-state index in [4.69, 9.17) is 19.9 Å². The van der Waals surface area contributed by atoms with Crippen LogP contribution in [0.2, 0.25) is 0 Å². The predicted octanol–water partition coefficient (Wildman–Crippen LogP) is 19.8. The van der Waals surface area contributed by atoms with Crippen LogP contribution in [0.1, 0.15) is 22.3 Å². The molecule has 0 bridgehead atoms. The van der Waals surface area contributed by atoms with E-state index in [2.05, 4.69) is 296 Å². The first kappa shape index (κ1) is 49.8. The van der Waals surface area contributed by atoms with Crippen molar-refractivity contribution < 1.29 is 0 Å². The summed E-state index contributed by atoms with van der Waals surface area (Å²) in [6.45, 7) is 8.75. The van der Waals surface area contributed by atoms with E-state index < -0.39 is 0 Å². The molecule has 0 spiro atoms. The van der Waals surface area contributed by atoms with Gasteiger partial charge in [0.2, 0.25) is 0 Å². The Kier molecular flexibility index (Phi) is 11.6. The number of hydrogen-bond acceptors (Lipinski definition) is 4. The molecule has 5 heterocycles. The normalized spacial score (nSPS) is 11.8. The molecule has 402 valence electrons. The molecule has 0 atom stereocenters. The first-order valence-corrected chi connectivity index (χ1v) is 29.0. The average molecular weight is 1090 g/mol. The SMILES string of the molecule is Cc1ccc2c(c1)c1cc(C)ccc1n2-c1cc(-c2cc(-c3ccccc3)nc(-c3ccccc3)n2)c(-n2c3ccccc3c3cc(C)ccc32)c(-c2cc(-c3ccccc3)nc(-c3ccccc3)n2)c1-n1c2ccccc2c2cc(C)ccc21. The molecule has 0 radical (unpaired) electrons. The zero-order valence-electron chi connectivity index (χ0n) is 47.5. The van der Waals surface area contributed by atoms with Gasteiger partial charge in [0.05, 0.1) is 78.5 Å². The van der Waals surface area contributed by atoms with Crippen LogP contribution in [0, 0.1) is 27.7 Å². The van der Waals surface area contributed by atoms with Crippen molar-refractivity contribution in [1.29, 1.82) is 0 Å². The summed E-state index contributed by atoms with van der Waals surface area (Å²) >= 11 is 0. The number of para-hydroxylation sites is 2. The molecule has 7 nitrogen and oxygen atoms in total. The van der Waals surface area contributed by atoms with Gasteiger partial charge in [-0.15, -0.1) is 0 Å². The lowest BCUT2D eigenvalue weighted by atomic mass is 9.94. The van der Waals surface area contributed by atoms with E-state index in [9.17, 15) is 0 Å². The highest BCUT2D eigenvalue weighted by molar-refractivity contribution is 6.15. The topological polar surface area (TPSA) is 66.3 Å². The fraction of sp³-hybridized carbons (Fsp3) is 0.0513. The van der Waals surface area contributed by atoms with Crippen LogP contribution in [0.15, 0.2) is 261 Å². The molecule has 7 heteroatoms. The monoisotopic (exact) mass is 1090 g/mol. The second-order valence-corrected chi connectivity index (χ2v) is 22.5. The number of aryl methyl sites for hydroxylation is 4. The van der Waals surface area contributed by atoms with E-state index in [1.54, 1.807) is 0 Å². The maximum absolute atomic E-state index is 5.94. The lowest BCUT2D eigenvalue weighted by Gasteiger charge is -2.27. The lowest BCUT2D eigenvalue weighted by molar-refractivity contribution is 1.07. The minimum Gasteiger partial charge on any atom is -0.308 e. The van der Waals surface area contributed by atoms with Crippen molar-refractivity contribution in [3.05, 3.63) is 283 Å². The molecule has 11 aromatic carbocycles. The number of hydrogen-bond donors (Lipinski definition) is 0. The Labute approximate surface area is 492 Å². The summed E-state index contributed by atoms with van der Waals surface area (Å²) in [4.78, 5) is 22.7. The van der Waals surface area contributed by atoms with Crippen molar-refractivity contribution in [2.24, 2.45) is 0 Å². The van der Waals surface area contributed by atoms with Gasteiger partial charge in [0, 0.05) is 60.1 Å². The molecule has 0 amide bonds. The maximum Gasteiger partial charge on any atom is 0.160 e. The van der Waals surface area contributed by atoms with Gasteiger partial charge in [0.25, 0.3) is 0 Å². The second kappa shape index (κ2) is 19.9. The van der Waals surface area contributed by atoms with Gasteiger partial charge in [-0.2, -0.15) is 0 Å². The van der Waals surface area contributed by atoms with Crippen LogP contribution in [-0.2, 0) is 0 Å². The molecule has 0 aliphatic carbocycles. The third-order valence-electron chi connectivity index (χ3n) is 16.9. The first-order valence-electron chi connectivity index (χ1n) is 29.0. The molecule has 0 unspecified atom stereocenters. The molecule has 0 N–H and O–H groups in total. The summed E-state index contributed by atoms with van der Waals surface area (Å²) in [5.41, 5.74) is 22.6. The maximum atomic E-state index is 5.94. The third-order valence-corrected chi connectivity index (χ3v) is 16.9. The predicted molar refractivity (Wildman–Crippen MR) is 352 cm³/mol. The lowest BCUT2D eigenvalue weighted by Crippen LogP contribution is -2.12. The number of fused-ring (bicyclic) bond motifs is 9. The van der Waals surface area contributed by atoms with Crippen LogP contribution < -0.4 is 0 Å². The van der Waals surface area contributed by atoms with Crippen LogP contribution in [0.25, 0.3) is 150 Å². The van der Waals surface area contributed by atoms with E-state index in [0.29, 0.717) is 11.6 Å². The summed E-state index contributed by atoms with van der Waals surface area (Å²) in [5, 5.41) is 6.94. The Hall–Kier alpha value is -11.0. The standard InChI is InChI=1S/C78H55N7/c1-48-35-39-71-58(41-48)56-29-17-19-31-67(56)84(71)75-62(65-46-63(52-21-9-5-10-22-52)79-77(81-65)54-25-13-7-14-26-54)45-73(83-69-37-33-50(3)43-60(69)61-44-51(4)34-38-70(61)83)76(85-68-32-20-18-30-57(68)59-42-49(2)36-40-72(59)85)74(75)66-47-64(53-23-11-6-12-24-53)80-78(82-66)55-27-15-8-16-28-55/h5-47H,1-4H3. The van der Waals surface area contributed by atoms with Gasteiger partial charge >= 0.3 is 0 Å². The first-order chi connectivity index (χ1) is 41.8. The molecule has 0 fully saturated rings. The average Bonchev–Trinajstić information content (AvgIpc) is 1.83. The van der Waals surface area contributed by atoms with Gasteiger partial charge in [-0.1, -0.05) is 204 Å². The van der Waals surface area contributed by atoms with Gasteiger partial charge in [-0.05, 0) is 107 Å². The minimum absolute atomic E-state index is 0.610. The van der Waals surface area contributed by atoms with Gasteiger partial charge in [-0.25, -0.2) is 19.9 Å². The Morgan fingerprint density at radius 1 is 0.247 bits per heavy atom. The largest absolute Gasteiger partial charge is 0.308 e. The molecule has 16 rings (SSSR count). The smallest absolute Gasteiger partial charge is 0.160 e. The summed E-state index contributed by atoms with van der Waals surface area (Å²) in [5.74, 6) is 1.23. The van der Waals surface area contributed by atoms with Crippen molar-refractivity contribution >= 4 is 65.4 Å². The molecule has 0 aliphatic heterocycles. The quantitative estimate of drug-likeness (QED) is 0.144. The van der Waals surface area contributed by atoms with Crippen LogP contribution in [-0.4, -0.2) is 33.6 Å². The van der Waals surface area contributed by atoms with Crippen molar-refractivity contribution in [2.45, 2.75) is 27.7 Å². The van der Waals surface area contributed by atoms with Gasteiger partial charge in [0.15, 0.2) is 11.6 Å². The fourth-order valence-corrected chi connectivity index (χ4v) is 13.0. The second-order valence-electron chi connectivity index (χ2n) is 22.5. The Balaban J connectivity index is 1.22. The molecule has 5 aromatic heterocycles. The molecule has 16 aromatic rings. The number of benzene rings is 11. The van der Waals surface area contributed by atoms with Crippen molar-refractivity contribution in [3.8, 4) is 84.9 Å². The molecule has 0 saturated heterocycles. The molecular formula is C78H55N7. The molecule has 0 aliphatic rings. The summed E-state index contributed by atoms with van der Waals surface area (Å²) in [6, 6.07) is 93.9. The van der Waals surface area contributed by atoms with E-state index in [1.165, 1.54) is 33.0 Å². The minimum atomic E-state index is 0.610. The number of aromatic nitrogens is 7. The van der Waals surface area contributed by atoms with Gasteiger partial charge in [-0.3, -0.25) is 0 Å². The summed E-state index contributed by atoms with van der Waals surface area (Å²) in [6.07, 6.45) is 0. The van der Waals surface area contributed by atoms with Crippen LogP contribution >= 0.6 is 0 Å².